The molecule has 1 aliphatic rings. The molecule has 16 heavy (non-hydrogen) atoms. The highest BCUT2D eigenvalue weighted by atomic mass is 79.9. The van der Waals surface area contributed by atoms with E-state index >= 15 is 0 Å². The van der Waals surface area contributed by atoms with Gasteiger partial charge >= 0.3 is 6.03 Å². The number of imide groups is 1. The maximum Gasteiger partial charge on any atom is 0.344 e. The SMILES string of the molecule is [C-]#[N+]CC(Br)C(=O)/C=N/N1CC(=O)NC1=O. The molecule has 0 bridgehead atoms. The molecule has 1 aliphatic heterocycles. The summed E-state index contributed by atoms with van der Waals surface area (Å²) in [5.74, 6) is -0.894. The first-order valence-electron chi connectivity index (χ1n) is 4.21. The van der Waals surface area contributed by atoms with Crippen LogP contribution in [0.1, 0.15) is 0 Å². The fraction of sp³-hybridized carbons (Fsp3) is 0.375. The van der Waals surface area contributed by atoms with Crippen LogP contribution in [-0.4, -0.2) is 46.9 Å². The lowest BCUT2D eigenvalue weighted by Gasteiger charge is -2.03. The van der Waals surface area contributed by atoms with Gasteiger partial charge in [0.2, 0.25) is 12.5 Å². The summed E-state index contributed by atoms with van der Waals surface area (Å²) in [5, 5.41) is 6.40. The Morgan fingerprint density at radius 2 is 2.44 bits per heavy atom. The highest BCUT2D eigenvalue weighted by molar-refractivity contribution is 9.10. The molecule has 0 aromatic heterocycles. The zero-order chi connectivity index (χ0) is 12.1. The second kappa shape index (κ2) is 5.37. The molecule has 1 unspecified atom stereocenters. The van der Waals surface area contributed by atoms with Gasteiger partial charge in [-0.25, -0.2) is 16.4 Å². The molecule has 3 amide bonds. The largest absolute Gasteiger partial charge is 0.344 e. The molecule has 0 radical (unpaired) electrons. The third-order valence-corrected chi connectivity index (χ3v) is 2.40. The zero-order valence-corrected chi connectivity index (χ0v) is 9.60. The van der Waals surface area contributed by atoms with Crippen molar-refractivity contribution in [3.63, 3.8) is 0 Å². The second-order valence-electron chi connectivity index (χ2n) is 2.87. The highest BCUT2D eigenvalue weighted by Gasteiger charge is 2.26. The lowest BCUT2D eigenvalue weighted by Crippen LogP contribution is -2.25. The molecule has 1 saturated heterocycles. The number of urea groups is 1. The first-order chi connectivity index (χ1) is 7.54. The van der Waals surface area contributed by atoms with E-state index in [2.05, 4.69) is 25.9 Å². The van der Waals surface area contributed by atoms with Gasteiger partial charge in [-0.1, -0.05) is 15.9 Å². The normalized spacial score (nSPS) is 17.4. The van der Waals surface area contributed by atoms with Gasteiger partial charge in [0.05, 0.1) is 6.21 Å². The van der Waals surface area contributed by atoms with E-state index in [1.54, 1.807) is 0 Å². The van der Waals surface area contributed by atoms with Crippen LogP contribution in [0.15, 0.2) is 5.10 Å². The molecule has 1 atom stereocenters. The van der Waals surface area contributed by atoms with Gasteiger partial charge in [0.1, 0.15) is 6.54 Å². The van der Waals surface area contributed by atoms with Gasteiger partial charge in [-0.3, -0.25) is 14.9 Å². The minimum Gasteiger partial charge on any atom is -0.315 e. The Balaban J connectivity index is 2.54. The Bertz CT molecular complexity index is 401. The monoisotopic (exact) mass is 286 g/mol. The van der Waals surface area contributed by atoms with Crippen molar-refractivity contribution < 1.29 is 14.4 Å². The maximum absolute atomic E-state index is 11.3. The first-order valence-corrected chi connectivity index (χ1v) is 5.12. The lowest BCUT2D eigenvalue weighted by molar-refractivity contribution is -0.118. The van der Waals surface area contributed by atoms with Gasteiger partial charge in [-0.05, 0) is 0 Å². The molecule has 7 nitrogen and oxygen atoms in total. The molecule has 1 N–H and O–H groups in total. The van der Waals surface area contributed by atoms with Gasteiger partial charge < -0.3 is 4.85 Å². The molecule has 0 aromatic rings. The number of amides is 3. The quantitative estimate of drug-likeness (QED) is 0.336. The standard InChI is InChI=1S/C8H7BrN4O3/c1-10-2-5(9)6(14)3-11-13-4-7(15)12-8(13)16/h3,5H,2,4H2,(H,12,15,16)/b11-3+. The summed E-state index contributed by atoms with van der Waals surface area (Å²) in [5.41, 5.74) is 0. The summed E-state index contributed by atoms with van der Waals surface area (Å²) in [4.78, 5) is 35.5. The number of alkyl halides is 1. The van der Waals surface area contributed by atoms with Gasteiger partial charge in [0, 0.05) is 0 Å². The van der Waals surface area contributed by atoms with Crippen molar-refractivity contribution in [1.82, 2.24) is 10.3 Å². The number of halogens is 1. The molecule has 0 aromatic carbocycles. The number of carbonyl (C=O) groups is 3. The third kappa shape index (κ3) is 3.13. The van der Waals surface area contributed by atoms with Gasteiger partial charge in [-0.2, -0.15) is 5.10 Å². The van der Waals surface area contributed by atoms with Gasteiger partial charge in [0.15, 0.2) is 10.6 Å². The predicted octanol–water partition coefficient (Wildman–Crippen LogP) is -0.224. The smallest absolute Gasteiger partial charge is 0.315 e. The van der Waals surface area contributed by atoms with Crippen molar-refractivity contribution >= 4 is 39.9 Å². The van der Waals surface area contributed by atoms with Gasteiger partial charge in [0.25, 0.3) is 0 Å². The van der Waals surface area contributed by atoms with Crippen LogP contribution in [0.2, 0.25) is 0 Å². The molecule has 0 spiro atoms. The number of hydrazone groups is 1. The van der Waals surface area contributed by atoms with Crippen LogP contribution in [-0.2, 0) is 9.59 Å². The highest BCUT2D eigenvalue weighted by Crippen LogP contribution is 2.02. The molecule has 0 aliphatic carbocycles. The number of ketones is 1. The van der Waals surface area contributed by atoms with E-state index in [0.29, 0.717) is 0 Å². The molecular formula is C8H7BrN4O3. The van der Waals surface area contributed by atoms with Crippen LogP contribution >= 0.6 is 15.9 Å². The Morgan fingerprint density at radius 1 is 1.75 bits per heavy atom. The fourth-order valence-corrected chi connectivity index (χ4v) is 1.17. The topological polar surface area (TPSA) is 83.2 Å². The van der Waals surface area contributed by atoms with Crippen LogP contribution in [0.4, 0.5) is 4.79 Å². The average molecular weight is 287 g/mol. The average Bonchev–Trinajstić information content (AvgIpc) is 2.54. The lowest BCUT2D eigenvalue weighted by atomic mass is 10.3. The van der Waals surface area contributed by atoms with Crippen LogP contribution in [0.25, 0.3) is 4.85 Å². The molecule has 1 fully saturated rings. The van der Waals surface area contributed by atoms with Crippen LogP contribution in [0, 0.1) is 6.57 Å². The van der Waals surface area contributed by atoms with Crippen LogP contribution < -0.4 is 5.32 Å². The van der Waals surface area contributed by atoms with E-state index < -0.39 is 22.5 Å². The van der Waals surface area contributed by atoms with Crippen molar-refractivity contribution in [2.24, 2.45) is 5.10 Å². The van der Waals surface area contributed by atoms with E-state index in [-0.39, 0.29) is 13.1 Å². The number of nitrogens with one attached hydrogen (secondary N) is 1. The number of Topliss-reactive ketones (excluding diaryl/α,β-unsaturated/α-hetero) is 1. The van der Waals surface area contributed by atoms with E-state index in [9.17, 15) is 14.4 Å². The van der Waals surface area contributed by atoms with Crippen molar-refractivity contribution in [2.75, 3.05) is 13.1 Å². The predicted molar refractivity (Wildman–Crippen MR) is 57.9 cm³/mol. The molecular weight excluding hydrogens is 280 g/mol. The summed E-state index contributed by atoms with van der Waals surface area (Å²) in [6, 6.07) is -0.662. The Labute approximate surface area is 99.4 Å². The Morgan fingerprint density at radius 3 is 2.94 bits per heavy atom. The maximum atomic E-state index is 11.3. The summed E-state index contributed by atoms with van der Waals surface area (Å²) in [7, 11) is 0. The number of rotatable bonds is 4. The molecule has 1 heterocycles. The Hall–Kier alpha value is -1.75. The Kier molecular flexibility index (Phi) is 4.13. The fourth-order valence-electron chi connectivity index (χ4n) is 0.902. The number of hydrogen-bond acceptors (Lipinski definition) is 4. The number of nitrogens with zero attached hydrogens (tertiary/aromatic N) is 3. The van der Waals surface area contributed by atoms with E-state index in [0.717, 1.165) is 11.2 Å². The van der Waals surface area contributed by atoms with Gasteiger partial charge in [-0.15, -0.1) is 0 Å². The van der Waals surface area contributed by atoms with Crippen molar-refractivity contribution in [3.8, 4) is 0 Å². The molecule has 8 heteroatoms. The second-order valence-corrected chi connectivity index (χ2v) is 3.97. The van der Waals surface area contributed by atoms with Crippen molar-refractivity contribution in [2.45, 2.75) is 4.83 Å². The third-order valence-electron chi connectivity index (χ3n) is 1.66. The summed E-state index contributed by atoms with van der Waals surface area (Å²) in [6.45, 7) is 6.36. The van der Waals surface area contributed by atoms with Crippen LogP contribution in [0.5, 0.6) is 0 Å². The van der Waals surface area contributed by atoms with E-state index in [4.69, 9.17) is 6.57 Å². The zero-order valence-electron chi connectivity index (χ0n) is 8.01. The molecule has 0 saturated carbocycles. The molecule has 1 rings (SSSR count). The minimum atomic E-state index is -0.662. The van der Waals surface area contributed by atoms with Crippen molar-refractivity contribution in [1.29, 1.82) is 0 Å². The van der Waals surface area contributed by atoms with Crippen molar-refractivity contribution in [3.05, 3.63) is 11.4 Å². The number of carbonyl (C=O) groups excluding carboxylic acids is 3. The first kappa shape index (κ1) is 12.3. The minimum absolute atomic E-state index is 0.00399. The summed E-state index contributed by atoms with van der Waals surface area (Å²) < 4.78 is 0. The van der Waals surface area contributed by atoms with E-state index in [1.165, 1.54) is 0 Å². The van der Waals surface area contributed by atoms with Crippen LogP contribution in [0.3, 0.4) is 0 Å². The van der Waals surface area contributed by atoms with E-state index in [1.807, 2.05) is 5.32 Å². The summed E-state index contributed by atoms with van der Waals surface area (Å²) >= 11 is 3.00. The number of hydrogen-bond donors (Lipinski definition) is 1. The summed E-state index contributed by atoms with van der Waals surface area (Å²) in [6.07, 6.45) is 0.919. The molecule has 84 valence electrons.